The van der Waals surface area contributed by atoms with Gasteiger partial charge in [0.2, 0.25) is 0 Å². The summed E-state index contributed by atoms with van der Waals surface area (Å²) in [5.41, 5.74) is 20.0. The van der Waals surface area contributed by atoms with Crippen LogP contribution in [0, 0.1) is 0 Å². The van der Waals surface area contributed by atoms with E-state index in [1.54, 1.807) is 0 Å². The molecule has 63 heavy (non-hydrogen) atoms. The topological polar surface area (TPSA) is 16.4 Å². The minimum atomic E-state index is -0.526. The fourth-order valence-corrected chi connectivity index (χ4v) is 10.8. The van der Waals surface area contributed by atoms with Crippen LogP contribution in [-0.2, 0) is 16.2 Å². The highest BCUT2D eigenvalue weighted by Gasteiger charge is 2.52. The number of hydrogen-bond donors (Lipinski definition) is 0. The van der Waals surface area contributed by atoms with Crippen molar-refractivity contribution in [3.63, 3.8) is 0 Å². The molecule has 2 nitrogen and oxygen atoms in total. The van der Waals surface area contributed by atoms with Gasteiger partial charge in [-0.25, -0.2) is 0 Å². The molecule has 0 N–H and O–H groups in total. The largest absolute Gasteiger partial charge is 0.454 e. The molecule has 10 aromatic rings. The lowest BCUT2D eigenvalue weighted by molar-refractivity contribution is 0.586. The molecule has 0 atom stereocenters. The number of fused-ring (bicyclic) bond motifs is 15. The van der Waals surface area contributed by atoms with Gasteiger partial charge in [-0.1, -0.05) is 193 Å². The minimum absolute atomic E-state index is 0.0241. The zero-order chi connectivity index (χ0) is 42.8. The first-order valence-electron chi connectivity index (χ1n) is 22.3. The maximum Gasteiger partial charge on any atom is 0.159 e. The summed E-state index contributed by atoms with van der Waals surface area (Å²) >= 11 is 0. The van der Waals surface area contributed by atoms with Crippen LogP contribution in [0.4, 0.5) is 17.1 Å². The molecule has 1 aromatic heterocycles. The third-order valence-corrected chi connectivity index (χ3v) is 14.0. The first-order valence-corrected chi connectivity index (χ1v) is 22.3. The number of nitrogens with zero attached hydrogens (tertiary/aromatic N) is 1. The van der Waals surface area contributed by atoms with Gasteiger partial charge in [-0.15, -0.1) is 0 Å². The quantitative estimate of drug-likeness (QED) is 0.176. The Morgan fingerprint density at radius 1 is 0.413 bits per heavy atom. The summed E-state index contributed by atoms with van der Waals surface area (Å²) in [7, 11) is 0. The third-order valence-electron chi connectivity index (χ3n) is 14.0. The Bertz CT molecular complexity index is 3400. The lowest BCUT2D eigenvalue weighted by atomic mass is 9.68. The highest BCUT2D eigenvalue weighted by Crippen LogP contribution is 2.64. The predicted molar refractivity (Wildman–Crippen MR) is 265 cm³/mol. The van der Waals surface area contributed by atoms with E-state index in [2.05, 4.69) is 234 Å². The van der Waals surface area contributed by atoms with Crippen LogP contribution in [0.15, 0.2) is 192 Å². The van der Waals surface area contributed by atoms with Crippen molar-refractivity contribution in [2.24, 2.45) is 0 Å². The van der Waals surface area contributed by atoms with Gasteiger partial charge in [0.15, 0.2) is 5.58 Å². The second-order valence-corrected chi connectivity index (χ2v) is 19.7. The van der Waals surface area contributed by atoms with Crippen LogP contribution >= 0.6 is 0 Å². The summed E-state index contributed by atoms with van der Waals surface area (Å²) in [4.78, 5) is 2.42. The maximum absolute atomic E-state index is 6.99. The third kappa shape index (κ3) is 5.50. The molecule has 2 aliphatic rings. The SMILES string of the molecule is CC(C)(C)c1ccc2c(c1)C1(c3ccccc3-c3ccc(N(c4ccc(-c5ccccc5)cc4)c4cccc5c4oc4ccc6ccccc6c45)cc31)c1cc(C(C)(C)C)ccc1-2. The molecule has 0 bridgehead atoms. The number of furan rings is 1. The van der Waals surface area contributed by atoms with Gasteiger partial charge in [0.1, 0.15) is 5.58 Å². The molecule has 0 saturated heterocycles. The Hall–Kier alpha value is -7.16. The van der Waals surface area contributed by atoms with Gasteiger partial charge in [0.05, 0.1) is 11.1 Å². The van der Waals surface area contributed by atoms with E-state index >= 15 is 0 Å². The smallest absolute Gasteiger partial charge is 0.159 e. The number of rotatable bonds is 4. The molecule has 0 saturated carbocycles. The lowest BCUT2D eigenvalue weighted by Crippen LogP contribution is -2.27. The van der Waals surface area contributed by atoms with E-state index in [1.165, 1.54) is 77.5 Å². The fraction of sp³-hybridized carbons (Fsp3) is 0.148. The summed E-state index contributed by atoms with van der Waals surface area (Å²) in [6.45, 7) is 14.0. The minimum Gasteiger partial charge on any atom is -0.454 e. The second kappa shape index (κ2) is 13.4. The maximum atomic E-state index is 6.99. The molecule has 9 aromatic carbocycles. The zero-order valence-corrected chi connectivity index (χ0v) is 36.8. The average molecular weight is 812 g/mol. The van der Waals surface area contributed by atoms with Gasteiger partial charge in [0.25, 0.3) is 0 Å². The molecule has 12 rings (SSSR count). The molecule has 1 spiro atoms. The van der Waals surface area contributed by atoms with Crippen LogP contribution in [0.3, 0.4) is 0 Å². The normalized spacial score (nSPS) is 13.7. The highest BCUT2D eigenvalue weighted by molar-refractivity contribution is 6.21. The molecule has 2 heteroatoms. The van der Waals surface area contributed by atoms with Gasteiger partial charge in [-0.2, -0.15) is 0 Å². The van der Waals surface area contributed by atoms with Crippen molar-refractivity contribution in [1.82, 2.24) is 0 Å². The van der Waals surface area contributed by atoms with E-state index in [0.29, 0.717) is 0 Å². The highest BCUT2D eigenvalue weighted by atomic mass is 16.3. The van der Waals surface area contributed by atoms with E-state index in [-0.39, 0.29) is 10.8 Å². The Labute approximate surface area is 370 Å². The summed E-state index contributed by atoms with van der Waals surface area (Å²) in [6, 6.07) is 70.2. The van der Waals surface area contributed by atoms with Gasteiger partial charge in [-0.3, -0.25) is 0 Å². The molecule has 304 valence electrons. The van der Waals surface area contributed by atoms with Gasteiger partial charge >= 0.3 is 0 Å². The molecular formula is C61H49NO. The van der Waals surface area contributed by atoms with Crippen LogP contribution in [0.25, 0.3) is 66.1 Å². The summed E-state index contributed by atoms with van der Waals surface area (Å²) in [5.74, 6) is 0. The molecule has 0 radical (unpaired) electrons. The van der Waals surface area contributed by atoms with Gasteiger partial charge in [-0.05, 0) is 125 Å². The van der Waals surface area contributed by atoms with E-state index in [9.17, 15) is 0 Å². The van der Waals surface area contributed by atoms with E-state index in [0.717, 1.165) is 39.0 Å². The van der Waals surface area contributed by atoms with E-state index in [1.807, 2.05) is 0 Å². The van der Waals surface area contributed by atoms with Gasteiger partial charge in [0, 0.05) is 22.1 Å². The average Bonchev–Trinajstić information content (AvgIpc) is 3.93. The first-order chi connectivity index (χ1) is 30.5. The molecule has 0 aliphatic heterocycles. The molecule has 0 unspecified atom stereocenters. The number of anilines is 3. The standard InChI is InChI=1S/C61H49NO/c1-59(2,3)41-26-31-47-48-32-27-42(60(4,5)6)36-53(48)61(52(47)35-41)51-21-13-12-19-46(51)49-33-30-44(37-54(49)61)62(43-28-23-39(24-29-43)38-15-8-7-9-16-38)55-22-14-20-50-57-45-18-11-10-17-40(45)25-34-56(57)63-58(50)55/h7-37H,1-6H3. The van der Waals surface area contributed by atoms with Crippen LogP contribution in [0.2, 0.25) is 0 Å². The molecule has 1 heterocycles. The summed E-state index contributed by atoms with van der Waals surface area (Å²) < 4.78 is 6.99. The van der Waals surface area contributed by atoms with Crippen molar-refractivity contribution < 1.29 is 4.42 Å². The van der Waals surface area contributed by atoms with Gasteiger partial charge < -0.3 is 9.32 Å². The Balaban J connectivity index is 1.15. The van der Waals surface area contributed by atoms with E-state index in [4.69, 9.17) is 4.42 Å². The number of para-hydroxylation sites is 1. The van der Waals surface area contributed by atoms with Crippen LogP contribution in [0.1, 0.15) is 74.9 Å². The molecule has 0 fully saturated rings. The van der Waals surface area contributed by atoms with Crippen molar-refractivity contribution in [3.05, 3.63) is 221 Å². The number of hydrogen-bond acceptors (Lipinski definition) is 2. The zero-order valence-electron chi connectivity index (χ0n) is 36.8. The van der Waals surface area contributed by atoms with Crippen molar-refractivity contribution >= 4 is 49.8 Å². The lowest BCUT2D eigenvalue weighted by Gasteiger charge is -2.34. The van der Waals surface area contributed by atoms with Crippen molar-refractivity contribution in [2.45, 2.75) is 57.8 Å². The summed E-state index contributed by atoms with van der Waals surface area (Å²) in [6.07, 6.45) is 0. The Kier molecular flexibility index (Phi) is 8.01. The Morgan fingerprint density at radius 2 is 0.968 bits per heavy atom. The first kappa shape index (κ1) is 37.6. The molecule has 0 amide bonds. The fourth-order valence-electron chi connectivity index (χ4n) is 10.8. The summed E-state index contributed by atoms with van der Waals surface area (Å²) in [5, 5.41) is 4.66. The predicted octanol–water partition coefficient (Wildman–Crippen LogP) is 16.8. The number of benzene rings is 9. The van der Waals surface area contributed by atoms with Crippen molar-refractivity contribution in [2.75, 3.05) is 4.90 Å². The monoisotopic (exact) mass is 811 g/mol. The molecule has 2 aliphatic carbocycles. The van der Waals surface area contributed by atoms with E-state index < -0.39 is 5.41 Å². The molecular weight excluding hydrogens is 763 g/mol. The van der Waals surface area contributed by atoms with Crippen LogP contribution < -0.4 is 4.90 Å². The second-order valence-electron chi connectivity index (χ2n) is 19.7. The van der Waals surface area contributed by atoms with Crippen LogP contribution in [0.5, 0.6) is 0 Å². The Morgan fingerprint density at radius 3 is 1.67 bits per heavy atom. The van der Waals surface area contributed by atoms with Crippen molar-refractivity contribution in [3.8, 4) is 33.4 Å². The van der Waals surface area contributed by atoms with Crippen LogP contribution in [-0.4, -0.2) is 0 Å². The van der Waals surface area contributed by atoms with Crippen molar-refractivity contribution in [1.29, 1.82) is 0 Å².